The number of aliphatic imine (C=N–C) groups is 1. The molecule has 0 aliphatic rings. The summed E-state index contributed by atoms with van der Waals surface area (Å²) in [4.78, 5) is 16.4. The van der Waals surface area contributed by atoms with Gasteiger partial charge in [-0.1, -0.05) is 19.1 Å². The standard InChI is InChI=1S/C21H31N5OS/c1-5-22-20(23-12-16(4)18-10-11-28-14-18)24-13-17-6-8-19(9-7-17)26-21(27)25-15(2)3/h6-11,14-16H,5,12-13H2,1-4H3,(H2,22,23,24)(H2,25,26,27). The number of nitrogens with one attached hydrogen (secondary N) is 4. The highest BCUT2D eigenvalue weighted by Crippen LogP contribution is 2.17. The van der Waals surface area contributed by atoms with Crippen LogP contribution in [-0.2, 0) is 6.54 Å². The number of nitrogens with zero attached hydrogens (tertiary/aromatic N) is 1. The van der Waals surface area contributed by atoms with Crippen LogP contribution in [0.1, 0.15) is 44.7 Å². The molecule has 1 aromatic heterocycles. The highest BCUT2D eigenvalue weighted by atomic mass is 32.1. The Morgan fingerprint density at radius 3 is 2.46 bits per heavy atom. The lowest BCUT2D eigenvalue weighted by Gasteiger charge is -2.15. The van der Waals surface area contributed by atoms with Crippen molar-refractivity contribution >= 4 is 29.0 Å². The van der Waals surface area contributed by atoms with E-state index in [2.05, 4.69) is 56.9 Å². The van der Waals surface area contributed by atoms with Crippen LogP contribution in [0, 0.1) is 0 Å². The normalized spacial score (nSPS) is 12.5. The van der Waals surface area contributed by atoms with E-state index in [1.165, 1.54) is 5.56 Å². The molecule has 7 heteroatoms. The van der Waals surface area contributed by atoms with Crippen molar-refractivity contribution in [3.8, 4) is 0 Å². The van der Waals surface area contributed by atoms with Crippen molar-refractivity contribution in [1.29, 1.82) is 0 Å². The van der Waals surface area contributed by atoms with E-state index in [0.717, 1.165) is 30.3 Å². The lowest BCUT2D eigenvalue weighted by molar-refractivity contribution is 0.250. The van der Waals surface area contributed by atoms with E-state index in [9.17, 15) is 4.79 Å². The van der Waals surface area contributed by atoms with Crippen molar-refractivity contribution in [3.05, 3.63) is 52.2 Å². The van der Waals surface area contributed by atoms with Gasteiger partial charge in [0.15, 0.2) is 5.96 Å². The summed E-state index contributed by atoms with van der Waals surface area (Å²) in [5, 5.41) is 16.6. The summed E-state index contributed by atoms with van der Waals surface area (Å²) >= 11 is 1.72. The number of hydrogen-bond acceptors (Lipinski definition) is 3. The third-order valence-corrected chi connectivity index (χ3v) is 4.78. The fourth-order valence-electron chi connectivity index (χ4n) is 2.56. The van der Waals surface area contributed by atoms with Crippen molar-refractivity contribution in [2.75, 3.05) is 18.4 Å². The molecule has 2 amide bonds. The molecule has 0 spiro atoms. The fraction of sp³-hybridized carbons (Fsp3) is 0.429. The molecule has 0 saturated heterocycles. The monoisotopic (exact) mass is 401 g/mol. The van der Waals surface area contributed by atoms with Crippen LogP contribution in [0.4, 0.5) is 10.5 Å². The second-order valence-electron chi connectivity index (χ2n) is 6.98. The van der Waals surface area contributed by atoms with E-state index in [1.54, 1.807) is 11.3 Å². The molecule has 2 rings (SSSR count). The van der Waals surface area contributed by atoms with Gasteiger partial charge in [0.05, 0.1) is 6.54 Å². The lowest BCUT2D eigenvalue weighted by atomic mass is 10.1. The summed E-state index contributed by atoms with van der Waals surface area (Å²) in [7, 11) is 0. The summed E-state index contributed by atoms with van der Waals surface area (Å²) in [6.07, 6.45) is 0. The molecule has 28 heavy (non-hydrogen) atoms. The number of carbonyl (C=O) groups is 1. The molecule has 0 bridgehead atoms. The van der Waals surface area contributed by atoms with E-state index in [4.69, 9.17) is 0 Å². The van der Waals surface area contributed by atoms with Crippen LogP contribution in [0.25, 0.3) is 0 Å². The number of urea groups is 1. The van der Waals surface area contributed by atoms with Crippen LogP contribution >= 0.6 is 11.3 Å². The summed E-state index contributed by atoms with van der Waals surface area (Å²) in [5.41, 5.74) is 3.19. The Morgan fingerprint density at radius 2 is 1.86 bits per heavy atom. The first-order valence-corrected chi connectivity index (χ1v) is 10.6. The molecular weight excluding hydrogens is 370 g/mol. The third-order valence-electron chi connectivity index (χ3n) is 4.08. The summed E-state index contributed by atoms with van der Waals surface area (Å²) < 4.78 is 0. The molecule has 0 aliphatic carbocycles. The molecule has 0 saturated carbocycles. The predicted molar refractivity (Wildman–Crippen MR) is 119 cm³/mol. The van der Waals surface area contributed by atoms with Gasteiger partial charge in [-0.3, -0.25) is 0 Å². The zero-order valence-corrected chi connectivity index (χ0v) is 17.9. The zero-order valence-electron chi connectivity index (χ0n) is 17.1. The highest BCUT2D eigenvalue weighted by molar-refractivity contribution is 7.07. The van der Waals surface area contributed by atoms with Crippen LogP contribution in [-0.4, -0.2) is 31.1 Å². The van der Waals surface area contributed by atoms with Crippen molar-refractivity contribution < 1.29 is 4.79 Å². The van der Waals surface area contributed by atoms with Gasteiger partial charge in [-0.2, -0.15) is 11.3 Å². The smallest absolute Gasteiger partial charge is 0.319 e. The fourth-order valence-corrected chi connectivity index (χ4v) is 3.34. The van der Waals surface area contributed by atoms with E-state index in [-0.39, 0.29) is 12.1 Å². The Kier molecular flexibility index (Phi) is 8.81. The van der Waals surface area contributed by atoms with E-state index < -0.39 is 0 Å². The molecule has 6 nitrogen and oxygen atoms in total. The van der Waals surface area contributed by atoms with Crippen LogP contribution in [0.2, 0.25) is 0 Å². The van der Waals surface area contributed by atoms with Gasteiger partial charge < -0.3 is 21.3 Å². The summed E-state index contributed by atoms with van der Waals surface area (Å²) in [6.45, 7) is 10.3. The number of benzene rings is 1. The molecule has 1 heterocycles. The molecule has 0 fully saturated rings. The minimum atomic E-state index is -0.195. The van der Waals surface area contributed by atoms with Gasteiger partial charge in [0.25, 0.3) is 0 Å². The molecule has 0 aliphatic heterocycles. The second kappa shape index (κ2) is 11.3. The first-order valence-electron chi connectivity index (χ1n) is 9.68. The second-order valence-corrected chi connectivity index (χ2v) is 7.76. The van der Waals surface area contributed by atoms with Gasteiger partial charge in [0.2, 0.25) is 0 Å². The van der Waals surface area contributed by atoms with E-state index in [1.807, 2.05) is 38.1 Å². The Bertz CT molecular complexity index is 741. The average molecular weight is 402 g/mol. The molecular formula is C21H31N5OS. The molecule has 152 valence electrons. The molecule has 1 atom stereocenters. The molecule has 2 aromatic rings. The Labute approximate surface area is 171 Å². The van der Waals surface area contributed by atoms with Gasteiger partial charge in [0.1, 0.15) is 0 Å². The van der Waals surface area contributed by atoms with E-state index in [0.29, 0.717) is 12.5 Å². The van der Waals surface area contributed by atoms with Gasteiger partial charge in [-0.25, -0.2) is 9.79 Å². The van der Waals surface area contributed by atoms with Crippen LogP contribution in [0.15, 0.2) is 46.1 Å². The number of guanidine groups is 1. The quantitative estimate of drug-likeness (QED) is 0.397. The number of rotatable bonds is 8. The topological polar surface area (TPSA) is 77.5 Å². The summed E-state index contributed by atoms with van der Waals surface area (Å²) in [6, 6.07) is 9.82. The number of hydrogen-bond donors (Lipinski definition) is 4. The first kappa shape index (κ1) is 21.8. The maximum atomic E-state index is 11.7. The maximum Gasteiger partial charge on any atom is 0.319 e. The van der Waals surface area contributed by atoms with Crippen molar-refractivity contribution in [3.63, 3.8) is 0 Å². The van der Waals surface area contributed by atoms with Gasteiger partial charge in [-0.05, 0) is 66.8 Å². The van der Waals surface area contributed by atoms with Gasteiger partial charge >= 0.3 is 6.03 Å². The zero-order chi connectivity index (χ0) is 20.4. The number of amides is 2. The van der Waals surface area contributed by atoms with Gasteiger partial charge in [-0.15, -0.1) is 0 Å². The van der Waals surface area contributed by atoms with Crippen molar-refractivity contribution in [2.24, 2.45) is 4.99 Å². The summed E-state index contributed by atoms with van der Waals surface area (Å²) in [5.74, 6) is 1.24. The van der Waals surface area contributed by atoms with Crippen molar-refractivity contribution in [1.82, 2.24) is 16.0 Å². The molecule has 0 radical (unpaired) electrons. The average Bonchev–Trinajstić information content (AvgIpc) is 3.19. The Balaban J connectivity index is 1.88. The van der Waals surface area contributed by atoms with E-state index >= 15 is 0 Å². The largest absolute Gasteiger partial charge is 0.357 e. The Morgan fingerprint density at radius 1 is 1.11 bits per heavy atom. The first-order chi connectivity index (χ1) is 13.5. The number of anilines is 1. The van der Waals surface area contributed by atoms with Gasteiger partial charge in [0, 0.05) is 24.8 Å². The van der Waals surface area contributed by atoms with Crippen LogP contribution in [0.3, 0.4) is 0 Å². The molecule has 1 aromatic carbocycles. The molecule has 1 unspecified atom stereocenters. The highest BCUT2D eigenvalue weighted by Gasteiger charge is 2.07. The Hall–Kier alpha value is -2.54. The third kappa shape index (κ3) is 7.60. The number of thiophene rings is 1. The van der Waals surface area contributed by atoms with Crippen LogP contribution < -0.4 is 21.3 Å². The predicted octanol–water partition coefficient (Wildman–Crippen LogP) is 4.14. The van der Waals surface area contributed by atoms with Crippen LogP contribution in [0.5, 0.6) is 0 Å². The minimum absolute atomic E-state index is 0.105. The maximum absolute atomic E-state index is 11.7. The minimum Gasteiger partial charge on any atom is -0.357 e. The van der Waals surface area contributed by atoms with Crippen molar-refractivity contribution in [2.45, 2.75) is 46.2 Å². The lowest BCUT2D eigenvalue weighted by Crippen LogP contribution is -2.39. The number of carbonyl (C=O) groups excluding carboxylic acids is 1. The SMILES string of the molecule is CCNC(=NCc1ccc(NC(=O)NC(C)C)cc1)NCC(C)c1ccsc1. The molecule has 4 N–H and O–H groups in total.